The number of hydrogen-bond donors (Lipinski definition) is 0. The van der Waals surface area contributed by atoms with Gasteiger partial charge in [0.25, 0.3) is 0 Å². The van der Waals surface area contributed by atoms with Crippen LogP contribution in [0.25, 0.3) is 11.4 Å². The van der Waals surface area contributed by atoms with Crippen LogP contribution in [0.2, 0.25) is 0 Å². The van der Waals surface area contributed by atoms with Crippen LogP contribution < -0.4 is 14.2 Å². The first kappa shape index (κ1) is 20.7. The minimum atomic E-state index is -0.128. The lowest BCUT2D eigenvalue weighted by molar-refractivity contribution is -0.128. The highest BCUT2D eigenvalue weighted by Gasteiger charge is 2.34. The van der Waals surface area contributed by atoms with E-state index in [1.807, 2.05) is 42.2 Å². The molecular formula is C23H25N3O5. The zero-order chi connectivity index (χ0) is 21.8. The molecule has 1 amide bonds. The molecule has 0 radical (unpaired) electrons. The molecule has 1 saturated heterocycles. The summed E-state index contributed by atoms with van der Waals surface area (Å²) in [7, 11) is 3.16. The van der Waals surface area contributed by atoms with Crippen molar-refractivity contribution in [3.05, 3.63) is 53.9 Å². The van der Waals surface area contributed by atoms with Gasteiger partial charge in [0, 0.05) is 25.1 Å². The first-order valence-electron chi connectivity index (χ1n) is 10.2. The molecule has 0 bridgehead atoms. The molecular weight excluding hydrogens is 398 g/mol. The Morgan fingerprint density at radius 2 is 1.87 bits per heavy atom. The molecule has 1 aliphatic heterocycles. The quantitative estimate of drug-likeness (QED) is 0.546. The highest BCUT2D eigenvalue weighted by Crippen LogP contribution is 2.33. The number of carbonyl (C=O) groups is 1. The van der Waals surface area contributed by atoms with Crippen LogP contribution in [0.1, 0.15) is 30.7 Å². The number of rotatable bonds is 8. The Morgan fingerprint density at radius 1 is 1.10 bits per heavy atom. The lowest BCUT2D eigenvalue weighted by Crippen LogP contribution is -2.24. The van der Waals surface area contributed by atoms with E-state index >= 15 is 0 Å². The number of amides is 1. The Kier molecular flexibility index (Phi) is 6.06. The smallest absolute Gasteiger partial charge is 0.232 e. The van der Waals surface area contributed by atoms with Crippen LogP contribution in [0.5, 0.6) is 17.2 Å². The van der Waals surface area contributed by atoms with Gasteiger partial charge in [0.15, 0.2) is 11.5 Å². The Balaban J connectivity index is 1.44. The number of nitrogens with zero attached hydrogens (tertiary/aromatic N) is 3. The summed E-state index contributed by atoms with van der Waals surface area (Å²) in [5.74, 6) is 2.90. The van der Waals surface area contributed by atoms with Crippen molar-refractivity contribution in [2.45, 2.75) is 25.8 Å². The predicted octanol–water partition coefficient (Wildman–Crippen LogP) is 3.67. The van der Waals surface area contributed by atoms with Crippen molar-refractivity contribution < 1.29 is 23.5 Å². The average Bonchev–Trinajstić information content (AvgIpc) is 3.42. The molecule has 8 heteroatoms. The SMILES string of the molecule is CCOc1ccc(CN2CC(c3nc(-c4ccc(OC)c(OC)c4)no3)CC2=O)cc1. The van der Waals surface area contributed by atoms with Crippen LogP contribution in [0, 0.1) is 0 Å². The fourth-order valence-corrected chi connectivity index (χ4v) is 3.66. The number of aromatic nitrogens is 2. The molecule has 1 atom stereocenters. The monoisotopic (exact) mass is 423 g/mol. The van der Waals surface area contributed by atoms with Crippen LogP contribution in [0.15, 0.2) is 47.0 Å². The Morgan fingerprint density at radius 3 is 2.58 bits per heavy atom. The zero-order valence-corrected chi connectivity index (χ0v) is 17.8. The van der Waals surface area contributed by atoms with E-state index in [4.69, 9.17) is 18.7 Å². The van der Waals surface area contributed by atoms with E-state index in [1.165, 1.54) is 0 Å². The molecule has 1 fully saturated rings. The number of carbonyl (C=O) groups excluding carboxylic acids is 1. The fraction of sp³-hybridized carbons (Fsp3) is 0.348. The van der Waals surface area contributed by atoms with Gasteiger partial charge in [-0.2, -0.15) is 4.98 Å². The van der Waals surface area contributed by atoms with Crippen molar-refractivity contribution in [3.63, 3.8) is 0 Å². The molecule has 31 heavy (non-hydrogen) atoms. The van der Waals surface area contributed by atoms with Gasteiger partial charge in [0.1, 0.15) is 5.75 Å². The Hall–Kier alpha value is -3.55. The number of benzene rings is 2. The predicted molar refractivity (Wildman–Crippen MR) is 113 cm³/mol. The Bertz CT molecular complexity index is 1050. The first-order valence-corrected chi connectivity index (χ1v) is 10.2. The summed E-state index contributed by atoms with van der Waals surface area (Å²) < 4.78 is 21.6. The highest BCUT2D eigenvalue weighted by atomic mass is 16.5. The highest BCUT2D eigenvalue weighted by molar-refractivity contribution is 5.79. The number of likely N-dealkylation sites (tertiary alicyclic amines) is 1. The molecule has 162 valence electrons. The maximum absolute atomic E-state index is 12.5. The summed E-state index contributed by atoms with van der Waals surface area (Å²) in [6.45, 7) is 3.66. The molecule has 4 rings (SSSR count). The number of ether oxygens (including phenoxy) is 3. The second-order valence-corrected chi connectivity index (χ2v) is 7.28. The van der Waals surface area contributed by atoms with Gasteiger partial charge < -0.3 is 23.6 Å². The van der Waals surface area contributed by atoms with E-state index in [0.29, 0.717) is 49.3 Å². The minimum Gasteiger partial charge on any atom is -0.494 e. The van der Waals surface area contributed by atoms with E-state index < -0.39 is 0 Å². The number of methoxy groups -OCH3 is 2. The van der Waals surface area contributed by atoms with Gasteiger partial charge in [-0.05, 0) is 42.8 Å². The fourth-order valence-electron chi connectivity index (χ4n) is 3.66. The Labute approximate surface area is 180 Å². The van der Waals surface area contributed by atoms with E-state index in [1.54, 1.807) is 26.4 Å². The third-order valence-corrected chi connectivity index (χ3v) is 5.26. The average molecular weight is 423 g/mol. The van der Waals surface area contributed by atoms with Gasteiger partial charge in [-0.25, -0.2) is 0 Å². The van der Waals surface area contributed by atoms with Gasteiger partial charge in [0.2, 0.25) is 17.6 Å². The maximum Gasteiger partial charge on any atom is 0.232 e. The second kappa shape index (κ2) is 9.07. The summed E-state index contributed by atoms with van der Waals surface area (Å²) >= 11 is 0. The number of hydrogen-bond acceptors (Lipinski definition) is 7. The van der Waals surface area contributed by atoms with E-state index in [2.05, 4.69) is 10.1 Å². The lowest BCUT2D eigenvalue weighted by Gasteiger charge is -2.16. The summed E-state index contributed by atoms with van der Waals surface area (Å²) in [6, 6.07) is 13.2. The molecule has 0 aliphatic carbocycles. The largest absolute Gasteiger partial charge is 0.494 e. The van der Waals surface area contributed by atoms with E-state index in [0.717, 1.165) is 16.9 Å². The maximum atomic E-state index is 12.5. The normalized spacial score (nSPS) is 15.9. The summed E-state index contributed by atoms with van der Waals surface area (Å²) in [4.78, 5) is 18.9. The van der Waals surface area contributed by atoms with Crippen molar-refractivity contribution >= 4 is 5.91 Å². The molecule has 3 aromatic rings. The van der Waals surface area contributed by atoms with Gasteiger partial charge in [-0.15, -0.1) is 0 Å². The molecule has 8 nitrogen and oxygen atoms in total. The molecule has 2 heterocycles. The van der Waals surface area contributed by atoms with Crippen molar-refractivity contribution in [3.8, 4) is 28.6 Å². The van der Waals surface area contributed by atoms with Crippen molar-refractivity contribution in [1.82, 2.24) is 15.0 Å². The molecule has 1 unspecified atom stereocenters. The van der Waals surface area contributed by atoms with Crippen LogP contribution in [0.4, 0.5) is 0 Å². The summed E-state index contributed by atoms with van der Waals surface area (Å²) in [6.07, 6.45) is 0.352. The lowest BCUT2D eigenvalue weighted by atomic mass is 10.1. The molecule has 0 spiro atoms. The summed E-state index contributed by atoms with van der Waals surface area (Å²) in [5.41, 5.74) is 1.80. The van der Waals surface area contributed by atoms with Crippen molar-refractivity contribution in [2.24, 2.45) is 0 Å². The van der Waals surface area contributed by atoms with E-state index in [9.17, 15) is 4.79 Å². The van der Waals surface area contributed by atoms with Gasteiger partial charge in [-0.3, -0.25) is 4.79 Å². The van der Waals surface area contributed by atoms with Crippen molar-refractivity contribution in [2.75, 3.05) is 27.4 Å². The second-order valence-electron chi connectivity index (χ2n) is 7.28. The van der Waals surface area contributed by atoms with Crippen LogP contribution in [-0.2, 0) is 11.3 Å². The minimum absolute atomic E-state index is 0.0738. The standard InChI is InChI=1S/C23H25N3O5/c1-4-30-18-8-5-15(6-9-18)13-26-14-17(12-21(26)27)23-24-22(25-31-23)16-7-10-19(28-2)20(11-16)29-3/h5-11,17H,4,12-14H2,1-3H3. The topological polar surface area (TPSA) is 86.9 Å². The zero-order valence-electron chi connectivity index (χ0n) is 17.8. The third kappa shape index (κ3) is 4.47. The van der Waals surface area contributed by atoms with Gasteiger partial charge >= 0.3 is 0 Å². The van der Waals surface area contributed by atoms with E-state index in [-0.39, 0.29) is 11.8 Å². The van der Waals surface area contributed by atoms with Gasteiger partial charge in [0.05, 0.1) is 26.7 Å². The van der Waals surface area contributed by atoms with Crippen LogP contribution >= 0.6 is 0 Å². The van der Waals surface area contributed by atoms with Crippen LogP contribution in [0.3, 0.4) is 0 Å². The molecule has 1 aliphatic rings. The van der Waals surface area contributed by atoms with Crippen LogP contribution in [-0.4, -0.2) is 48.3 Å². The first-order chi connectivity index (χ1) is 15.1. The third-order valence-electron chi connectivity index (χ3n) is 5.26. The molecule has 2 aromatic carbocycles. The summed E-state index contributed by atoms with van der Waals surface area (Å²) in [5, 5.41) is 4.10. The molecule has 1 aromatic heterocycles. The molecule has 0 N–H and O–H groups in total. The molecule has 0 saturated carbocycles. The van der Waals surface area contributed by atoms with Gasteiger partial charge in [-0.1, -0.05) is 17.3 Å². The van der Waals surface area contributed by atoms with Crippen molar-refractivity contribution in [1.29, 1.82) is 0 Å².